The van der Waals surface area contributed by atoms with Crippen LogP contribution in [-0.2, 0) is 41.6 Å². The fourth-order valence-corrected chi connectivity index (χ4v) is 6.34. The number of carbonyl (C=O) groups excluding carboxylic acids is 6. The highest BCUT2D eigenvalue weighted by Gasteiger charge is 2.31. The number of aromatic amines is 2. The molecule has 0 aliphatic heterocycles. The van der Waals surface area contributed by atoms with E-state index >= 15 is 0 Å². The van der Waals surface area contributed by atoms with Crippen LogP contribution in [0.2, 0.25) is 0 Å². The molecule has 0 radical (unpaired) electrons. The van der Waals surface area contributed by atoms with E-state index in [-0.39, 0.29) is 54.6 Å². The first-order chi connectivity index (χ1) is 27.9. The Balaban J connectivity index is 1.80. The highest BCUT2D eigenvalue weighted by Crippen LogP contribution is 2.17. The number of aromatic nitrogens is 3. The predicted molar refractivity (Wildman–Crippen MR) is 222 cm³/mol. The Bertz CT molecular complexity index is 1950. The summed E-state index contributed by atoms with van der Waals surface area (Å²) in [4.78, 5) is 101. The van der Waals surface area contributed by atoms with Crippen molar-refractivity contribution < 1.29 is 38.6 Å². The zero-order valence-corrected chi connectivity index (χ0v) is 34.7. The van der Waals surface area contributed by atoms with Gasteiger partial charge in [-0.2, -0.15) is 4.98 Å². The van der Waals surface area contributed by atoms with Crippen LogP contribution in [0.15, 0.2) is 35.3 Å². The van der Waals surface area contributed by atoms with Gasteiger partial charge in [-0.25, -0.2) is 0 Å². The van der Waals surface area contributed by atoms with Crippen LogP contribution in [0.3, 0.4) is 0 Å². The van der Waals surface area contributed by atoms with Crippen molar-refractivity contribution in [2.75, 3.05) is 25.4 Å². The summed E-state index contributed by atoms with van der Waals surface area (Å²) in [6.45, 7) is 8.57. The van der Waals surface area contributed by atoms with E-state index in [4.69, 9.17) is 21.3 Å². The molecule has 324 valence electrons. The van der Waals surface area contributed by atoms with E-state index in [0.717, 1.165) is 11.1 Å². The molecule has 0 unspecified atom stereocenters. The second-order valence-corrected chi connectivity index (χ2v) is 15.8. The number of fused-ring (bicyclic) bond motifs is 1. The fourth-order valence-electron chi connectivity index (χ4n) is 6.34. The van der Waals surface area contributed by atoms with Crippen molar-refractivity contribution >= 4 is 52.4 Å². The topological polar surface area (TPSA) is 294 Å². The predicted octanol–water partition coefficient (Wildman–Crippen LogP) is 1.44. The minimum atomic E-state index is -1.27. The summed E-state index contributed by atoms with van der Waals surface area (Å²) < 4.78 is 5.44. The number of nitrogen functional groups attached to an aromatic ring is 1. The van der Waals surface area contributed by atoms with Crippen LogP contribution in [0.1, 0.15) is 107 Å². The van der Waals surface area contributed by atoms with Crippen LogP contribution in [0.4, 0.5) is 5.95 Å². The zero-order valence-electron chi connectivity index (χ0n) is 34.7. The lowest BCUT2D eigenvalue weighted by Gasteiger charge is -2.26. The van der Waals surface area contributed by atoms with E-state index in [1.54, 1.807) is 65.1 Å². The zero-order chi connectivity index (χ0) is 43.7. The third-order valence-corrected chi connectivity index (χ3v) is 9.41. The number of benzene rings is 1. The Kier molecular flexibility index (Phi) is 18.7. The number of ketones is 1. The summed E-state index contributed by atoms with van der Waals surface area (Å²) in [5.41, 5.74) is 12.4. The summed E-state index contributed by atoms with van der Waals surface area (Å²) in [5.74, 6) is -3.60. The smallest absolute Gasteiger partial charge is 0.306 e. The number of hydrogen-bond donors (Lipinski definition) is 9. The lowest BCUT2D eigenvalue weighted by Crippen LogP contribution is -2.56. The molecule has 3 atom stereocenters. The number of aryl methyl sites for hydroxylation is 2. The monoisotopic (exact) mass is 823 g/mol. The van der Waals surface area contributed by atoms with Crippen molar-refractivity contribution in [2.45, 2.75) is 123 Å². The standard InChI is InChI=1S/C41H61N9O9/c1-24(2)34(54)28(10-6-8-20-42)46-37(56)29(11-7-9-21-44-31(52)23-51)48-38(57)30(18-19-32(53)59-41(3,4)5)47-36(55)26-15-12-25(13-16-26)14-17-27-22-45-35-33(27)39(58)50-40(43)49-35/h12-13,15-16,22,24,28-30,51H,6-11,14,17-21,23,42H2,1-5H3,(H,44,52)(H,46,56)(H,47,55)(H,48,57)(H4,43,45,49,50,58)/t28-,29-,30-/m0/s1. The van der Waals surface area contributed by atoms with Gasteiger partial charge in [0.05, 0.1) is 11.4 Å². The minimum absolute atomic E-state index is 0.0102. The Hall–Kier alpha value is -5.62. The molecular weight excluding hydrogens is 763 g/mol. The minimum Gasteiger partial charge on any atom is -0.460 e. The number of unbranched alkanes of at least 4 members (excludes halogenated alkanes) is 2. The van der Waals surface area contributed by atoms with E-state index in [9.17, 15) is 33.6 Å². The van der Waals surface area contributed by atoms with Gasteiger partial charge in [-0.05, 0) is 108 Å². The van der Waals surface area contributed by atoms with Crippen LogP contribution in [-0.4, -0.2) is 98.9 Å². The van der Waals surface area contributed by atoms with Gasteiger partial charge in [0.25, 0.3) is 11.5 Å². The first-order valence-corrected chi connectivity index (χ1v) is 20.1. The molecule has 0 aliphatic rings. The van der Waals surface area contributed by atoms with E-state index in [2.05, 4.69) is 36.2 Å². The number of nitrogens with one attached hydrogen (secondary N) is 6. The highest BCUT2D eigenvalue weighted by atomic mass is 16.6. The van der Waals surface area contributed by atoms with Crippen molar-refractivity contribution in [3.8, 4) is 0 Å². The number of esters is 1. The molecule has 1 aromatic carbocycles. The summed E-state index contributed by atoms with van der Waals surface area (Å²) in [5, 5.41) is 20.2. The number of aliphatic hydroxyl groups excluding tert-OH is 1. The average molecular weight is 824 g/mol. The molecule has 18 nitrogen and oxygen atoms in total. The quantitative estimate of drug-likeness (QED) is 0.0458. The van der Waals surface area contributed by atoms with Crippen LogP contribution >= 0.6 is 0 Å². The molecular formula is C41H61N9O9. The lowest BCUT2D eigenvalue weighted by molar-refractivity contribution is -0.155. The normalized spacial score (nSPS) is 13.0. The van der Waals surface area contributed by atoms with Gasteiger partial charge in [0.1, 0.15) is 29.9 Å². The Morgan fingerprint density at radius 1 is 0.864 bits per heavy atom. The van der Waals surface area contributed by atoms with Crippen LogP contribution < -0.4 is 38.3 Å². The van der Waals surface area contributed by atoms with Crippen molar-refractivity contribution in [2.24, 2.45) is 11.7 Å². The number of anilines is 1. The van der Waals surface area contributed by atoms with Gasteiger partial charge >= 0.3 is 5.97 Å². The van der Waals surface area contributed by atoms with Crippen molar-refractivity contribution in [1.29, 1.82) is 0 Å². The average Bonchev–Trinajstić information content (AvgIpc) is 3.59. The molecule has 11 N–H and O–H groups in total. The van der Waals surface area contributed by atoms with Crippen molar-refractivity contribution in [3.05, 3.63) is 57.5 Å². The largest absolute Gasteiger partial charge is 0.460 e. The van der Waals surface area contributed by atoms with Crippen LogP contribution in [0.5, 0.6) is 0 Å². The molecule has 0 saturated carbocycles. The molecule has 3 aromatic rings. The molecule has 4 amide bonds. The number of rotatable bonds is 24. The summed E-state index contributed by atoms with van der Waals surface area (Å²) in [7, 11) is 0. The Morgan fingerprint density at radius 2 is 1.49 bits per heavy atom. The number of nitrogens with two attached hydrogens (primary N) is 2. The molecule has 0 bridgehead atoms. The molecule has 0 aliphatic carbocycles. The number of aliphatic hydroxyl groups is 1. The van der Waals surface area contributed by atoms with Crippen molar-refractivity contribution in [1.82, 2.24) is 36.2 Å². The van der Waals surface area contributed by atoms with Gasteiger partial charge in [-0.3, -0.25) is 38.5 Å². The van der Waals surface area contributed by atoms with E-state index in [1.165, 1.54) is 0 Å². The molecule has 0 spiro atoms. The van der Waals surface area contributed by atoms with Crippen LogP contribution in [0.25, 0.3) is 11.0 Å². The highest BCUT2D eigenvalue weighted by molar-refractivity contribution is 5.99. The van der Waals surface area contributed by atoms with E-state index in [0.29, 0.717) is 62.5 Å². The number of nitrogens with zero attached hydrogens (tertiary/aromatic N) is 1. The molecule has 18 heteroatoms. The lowest BCUT2D eigenvalue weighted by atomic mass is 9.96. The second kappa shape index (κ2) is 23.1. The van der Waals surface area contributed by atoms with Crippen LogP contribution in [0, 0.1) is 5.92 Å². The Labute approximate surface area is 343 Å². The number of amides is 4. The van der Waals surface area contributed by atoms with Gasteiger partial charge in [0.2, 0.25) is 23.7 Å². The van der Waals surface area contributed by atoms with E-state index < -0.39 is 59.9 Å². The second-order valence-electron chi connectivity index (χ2n) is 15.8. The maximum Gasteiger partial charge on any atom is 0.306 e. The third kappa shape index (κ3) is 15.9. The molecule has 59 heavy (non-hydrogen) atoms. The van der Waals surface area contributed by atoms with Gasteiger partial charge < -0.3 is 47.6 Å². The number of H-pyrrole nitrogens is 2. The number of ether oxygens (including phenoxy) is 1. The number of Topliss-reactive ketones (excluding diaryl/α,β-unsaturated/α-hetero) is 1. The summed E-state index contributed by atoms with van der Waals surface area (Å²) >= 11 is 0. The third-order valence-electron chi connectivity index (χ3n) is 9.41. The molecule has 0 saturated heterocycles. The first-order valence-electron chi connectivity index (χ1n) is 20.1. The first kappa shape index (κ1) is 47.8. The number of hydrogen-bond acceptors (Lipinski definition) is 12. The van der Waals surface area contributed by atoms with Crippen molar-refractivity contribution in [3.63, 3.8) is 0 Å². The van der Waals surface area contributed by atoms with Gasteiger partial charge in [0.15, 0.2) is 5.78 Å². The maximum absolute atomic E-state index is 14.0. The SMILES string of the molecule is CC(C)C(=O)[C@H](CCCCN)NC(=O)[C@H](CCCCNC(=O)CO)NC(=O)[C@H](CCC(=O)OC(C)(C)C)NC(=O)c1ccc(CCc2c[nH]c3nc(N)[nH]c(=O)c23)cc1. The van der Waals surface area contributed by atoms with Gasteiger partial charge in [-0.15, -0.1) is 0 Å². The van der Waals surface area contributed by atoms with E-state index in [1.807, 2.05) is 0 Å². The van der Waals surface area contributed by atoms with Gasteiger partial charge in [0, 0.05) is 30.6 Å². The Morgan fingerprint density at radius 3 is 2.12 bits per heavy atom. The summed E-state index contributed by atoms with van der Waals surface area (Å²) in [6.07, 6.45) is 4.87. The fraction of sp³-hybridized carbons (Fsp3) is 0.561. The molecule has 0 fully saturated rings. The molecule has 2 aromatic heterocycles. The van der Waals surface area contributed by atoms with Gasteiger partial charge in [-0.1, -0.05) is 26.0 Å². The number of carbonyl (C=O) groups is 6. The maximum atomic E-state index is 14.0. The molecule has 3 rings (SSSR count). The molecule has 2 heterocycles. The summed E-state index contributed by atoms with van der Waals surface area (Å²) in [6, 6.07) is 3.48.